The van der Waals surface area contributed by atoms with Gasteiger partial charge in [-0.3, -0.25) is 0 Å². The predicted octanol–water partition coefficient (Wildman–Crippen LogP) is 2.58. The van der Waals surface area contributed by atoms with Gasteiger partial charge in [-0.25, -0.2) is 14.0 Å². The van der Waals surface area contributed by atoms with E-state index in [-0.39, 0.29) is 11.6 Å². The van der Waals surface area contributed by atoms with Crippen molar-refractivity contribution < 1.29 is 19.1 Å². The van der Waals surface area contributed by atoms with E-state index < -0.39 is 23.9 Å². The molecule has 5 nitrogen and oxygen atoms in total. The Kier molecular flexibility index (Phi) is 4.31. The van der Waals surface area contributed by atoms with Crippen molar-refractivity contribution in [2.45, 2.75) is 6.04 Å². The molecule has 0 aliphatic carbocycles. The standard InChI is InChI=1S/C11H10BrFN2O3S/c12-6-1-2-7(13)8(3-6)14-11(18)15-5-19-4-9(15)10(16)17/h1-3,9H,4-5H2,(H,14,18)(H,16,17)/t9-/m0/s1. The molecular weight excluding hydrogens is 339 g/mol. The van der Waals surface area contributed by atoms with E-state index in [9.17, 15) is 14.0 Å². The fraction of sp³-hybridized carbons (Fsp3) is 0.273. The van der Waals surface area contributed by atoms with Gasteiger partial charge in [-0.05, 0) is 18.2 Å². The number of aliphatic carboxylic acids is 1. The summed E-state index contributed by atoms with van der Waals surface area (Å²) in [5, 5.41) is 11.4. The van der Waals surface area contributed by atoms with Gasteiger partial charge >= 0.3 is 12.0 Å². The normalized spacial score (nSPS) is 18.4. The second-order valence-electron chi connectivity index (χ2n) is 3.88. The first kappa shape index (κ1) is 14.1. The lowest BCUT2D eigenvalue weighted by Gasteiger charge is -2.21. The molecule has 19 heavy (non-hydrogen) atoms. The van der Waals surface area contributed by atoms with Crippen LogP contribution >= 0.6 is 27.7 Å². The third-order valence-electron chi connectivity index (χ3n) is 2.60. The van der Waals surface area contributed by atoms with Crippen molar-refractivity contribution in [2.24, 2.45) is 0 Å². The van der Waals surface area contributed by atoms with Crippen LogP contribution in [0.4, 0.5) is 14.9 Å². The lowest BCUT2D eigenvalue weighted by Crippen LogP contribution is -2.44. The summed E-state index contributed by atoms with van der Waals surface area (Å²) in [6, 6.07) is 2.66. The molecule has 2 rings (SSSR count). The van der Waals surface area contributed by atoms with Crippen LogP contribution in [0.25, 0.3) is 0 Å². The van der Waals surface area contributed by atoms with E-state index >= 15 is 0 Å². The van der Waals surface area contributed by atoms with Gasteiger partial charge in [0, 0.05) is 10.2 Å². The Morgan fingerprint density at radius 2 is 2.26 bits per heavy atom. The SMILES string of the molecule is O=C(O)[C@@H]1CSCN1C(=O)Nc1cc(Br)ccc1F. The molecule has 1 aliphatic heterocycles. The molecule has 1 atom stereocenters. The number of carbonyl (C=O) groups is 2. The van der Waals surface area contributed by atoms with Crippen molar-refractivity contribution in [3.8, 4) is 0 Å². The van der Waals surface area contributed by atoms with Crippen molar-refractivity contribution >= 4 is 45.4 Å². The fourth-order valence-corrected chi connectivity index (χ4v) is 3.13. The van der Waals surface area contributed by atoms with Crippen LogP contribution in [0, 0.1) is 5.82 Å². The molecule has 2 amide bonds. The molecule has 1 aliphatic rings. The van der Waals surface area contributed by atoms with Crippen LogP contribution < -0.4 is 5.32 Å². The Labute approximate surface area is 121 Å². The van der Waals surface area contributed by atoms with Crippen molar-refractivity contribution in [3.05, 3.63) is 28.5 Å². The van der Waals surface area contributed by atoms with Crippen LogP contribution in [-0.4, -0.2) is 39.7 Å². The molecule has 102 valence electrons. The summed E-state index contributed by atoms with van der Waals surface area (Å²) in [4.78, 5) is 24.1. The molecule has 0 unspecified atom stereocenters. The first-order valence-corrected chi connectivity index (χ1v) is 7.27. The first-order chi connectivity index (χ1) is 8.99. The van der Waals surface area contributed by atoms with Gasteiger partial charge in [-0.1, -0.05) is 15.9 Å². The summed E-state index contributed by atoms with van der Waals surface area (Å²) in [5.74, 6) is -1.02. The Hall–Kier alpha value is -1.28. The summed E-state index contributed by atoms with van der Waals surface area (Å²) in [7, 11) is 0. The van der Waals surface area contributed by atoms with Gasteiger partial charge in [0.05, 0.1) is 11.6 Å². The van der Waals surface area contributed by atoms with E-state index in [1.807, 2.05) is 0 Å². The monoisotopic (exact) mass is 348 g/mol. The first-order valence-electron chi connectivity index (χ1n) is 5.32. The Balaban J connectivity index is 2.12. The summed E-state index contributed by atoms with van der Waals surface area (Å²) >= 11 is 4.52. The quantitative estimate of drug-likeness (QED) is 0.861. The van der Waals surface area contributed by atoms with Crippen LogP contribution in [0.2, 0.25) is 0 Å². The van der Waals surface area contributed by atoms with Crippen LogP contribution in [0.15, 0.2) is 22.7 Å². The number of urea groups is 1. The molecule has 0 saturated carbocycles. The van der Waals surface area contributed by atoms with Crippen molar-refractivity contribution in [1.29, 1.82) is 0 Å². The Bertz CT molecular complexity index is 529. The maximum atomic E-state index is 13.5. The molecule has 1 aromatic carbocycles. The summed E-state index contributed by atoms with van der Waals surface area (Å²) < 4.78 is 14.1. The highest BCUT2D eigenvalue weighted by atomic mass is 79.9. The molecule has 1 fully saturated rings. The second-order valence-corrected chi connectivity index (χ2v) is 5.79. The number of hydrogen-bond acceptors (Lipinski definition) is 3. The van der Waals surface area contributed by atoms with Gasteiger partial charge in [0.2, 0.25) is 0 Å². The number of hydrogen-bond donors (Lipinski definition) is 2. The van der Waals surface area contributed by atoms with Crippen molar-refractivity contribution in [3.63, 3.8) is 0 Å². The van der Waals surface area contributed by atoms with E-state index in [4.69, 9.17) is 5.11 Å². The summed E-state index contributed by atoms with van der Waals surface area (Å²) in [6.45, 7) is 0. The van der Waals surface area contributed by atoms with Gasteiger partial charge in [0.25, 0.3) is 0 Å². The minimum atomic E-state index is -1.06. The molecule has 1 saturated heterocycles. The average Bonchev–Trinajstić information content (AvgIpc) is 2.83. The lowest BCUT2D eigenvalue weighted by molar-refractivity contribution is -0.140. The molecule has 1 heterocycles. The van der Waals surface area contributed by atoms with E-state index in [0.29, 0.717) is 10.2 Å². The number of amides is 2. The molecular formula is C11H10BrFN2O3S. The number of carboxylic acid groups (broad SMARTS) is 1. The minimum absolute atomic E-state index is 0.0143. The van der Waals surface area contributed by atoms with Crippen LogP contribution in [-0.2, 0) is 4.79 Å². The molecule has 8 heteroatoms. The molecule has 2 N–H and O–H groups in total. The number of nitrogens with zero attached hydrogens (tertiary/aromatic N) is 1. The zero-order valence-corrected chi connectivity index (χ0v) is 12.0. The third-order valence-corrected chi connectivity index (χ3v) is 4.10. The van der Waals surface area contributed by atoms with Crippen LogP contribution in [0.3, 0.4) is 0 Å². The number of anilines is 1. The van der Waals surface area contributed by atoms with E-state index in [1.54, 1.807) is 0 Å². The summed E-state index contributed by atoms with van der Waals surface area (Å²) in [5.41, 5.74) is 0.0143. The average molecular weight is 349 g/mol. The zero-order valence-electron chi connectivity index (χ0n) is 9.60. The molecule has 0 spiro atoms. The highest BCUT2D eigenvalue weighted by Crippen LogP contribution is 2.24. The maximum Gasteiger partial charge on any atom is 0.327 e. The smallest absolute Gasteiger partial charge is 0.327 e. The number of benzene rings is 1. The summed E-state index contributed by atoms with van der Waals surface area (Å²) in [6.07, 6.45) is 0. The van der Waals surface area contributed by atoms with Crippen LogP contribution in [0.1, 0.15) is 0 Å². The number of halogens is 2. The topological polar surface area (TPSA) is 69.6 Å². The van der Waals surface area contributed by atoms with Crippen LogP contribution in [0.5, 0.6) is 0 Å². The van der Waals surface area contributed by atoms with Gasteiger partial charge in [-0.15, -0.1) is 11.8 Å². The van der Waals surface area contributed by atoms with E-state index in [1.165, 1.54) is 34.9 Å². The highest BCUT2D eigenvalue weighted by Gasteiger charge is 2.34. The number of thioether (sulfide) groups is 1. The van der Waals surface area contributed by atoms with Gasteiger partial charge in [0.15, 0.2) is 0 Å². The molecule has 0 aromatic heterocycles. The van der Waals surface area contributed by atoms with E-state index in [2.05, 4.69) is 21.2 Å². The third kappa shape index (κ3) is 3.19. The van der Waals surface area contributed by atoms with Crippen molar-refractivity contribution in [2.75, 3.05) is 16.9 Å². The van der Waals surface area contributed by atoms with Gasteiger partial charge in [0.1, 0.15) is 11.9 Å². The van der Waals surface area contributed by atoms with E-state index in [0.717, 1.165) is 0 Å². The number of rotatable bonds is 2. The van der Waals surface area contributed by atoms with Gasteiger partial charge < -0.3 is 15.3 Å². The maximum absolute atomic E-state index is 13.5. The molecule has 0 bridgehead atoms. The minimum Gasteiger partial charge on any atom is -0.480 e. The highest BCUT2D eigenvalue weighted by molar-refractivity contribution is 9.10. The predicted molar refractivity (Wildman–Crippen MR) is 73.7 cm³/mol. The number of nitrogens with one attached hydrogen (secondary N) is 1. The Morgan fingerprint density at radius 3 is 2.95 bits per heavy atom. The number of carboxylic acids is 1. The van der Waals surface area contributed by atoms with Gasteiger partial charge in [-0.2, -0.15) is 0 Å². The van der Waals surface area contributed by atoms with Crippen molar-refractivity contribution in [1.82, 2.24) is 4.90 Å². The molecule has 1 aromatic rings. The second kappa shape index (κ2) is 5.79. The number of carbonyl (C=O) groups excluding carboxylic acids is 1. The Morgan fingerprint density at radius 1 is 1.53 bits per heavy atom. The zero-order chi connectivity index (χ0) is 14.0. The molecule has 0 radical (unpaired) electrons. The fourth-order valence-electron chi connectivity index (χ4n) is 1.63. The largest absolute Gasteiger partial charge is 0.480 e. The lowest BCUT2D eigenvalue weighted by atomic mass is 10.3.